The van der Waals surface area contributed by atoms with Gasteiger partial charge in [-0.2, -0.15) is 18.3 Å². The number of amides is 2. The predicted octanol–water partition coefficient (Wildman–Crippen LogP) is 4.33. The molecule has 5 aliphatic rings. The summed E-state index contributed by atoms with van der Waals surface area (Å²) in [6.07, 6.45) is 1.73. The number of hydrogen-bond donors (Lipinski definition) is 1. The molecule has 1 N–H and O–H groups in total. The third-order valence-corrected chi connectivity index (χ3v) is 9.56. The van der Waals surface area contributed by atoms with Crippen LogP contribution in [0.4, 0.5) is 18.0 Å². The lowest BCUT2D eigenvalue weighted by atomic mass is 9.76. The Bertz CT molecular complexity index is 897. The molecular formula is C26H40F3N5O4. The van der Waals surface area contributed by atoms with E-state index in [0.29, 0.717) is 51.3 Å². The Morgan fingerprint density at radius 1 is 1.05 bits per heavy atom. The summed E-state index contributed by atoms with van der Waals surface area (Å²) in [5, 5.41) is 8.16. The summed E-state index contributed by atoms with van der Waals surface area (Å²) in [6.45, 7) is 4.02. The van der Waals surface area contributed by atoms with Crippen molar-refractivity contribution >= 4 is 12.0 Å². The van der Waals surface area contributed by atoms with Gasteiger partial charge in [-0.25, -0.2) is 4.79 Å². The Morgan fingerprint density at radius 3 is 2.61 bits per heavy atom. The number of fused-ring (bicyclic) bond motifs is 2. The van der Waals surface area contributed by atoms with E-state index in [9.17, 15) is 22.8 Å². The number of halogens is 3. The van der Waals surface area contributed by atoms with E-state index in [2.05, 4.69) is 27.6 Å². The van der Waals surface area contributed by atoms with Crippen molar-refractivity contribution in [1.82, 2.24) is 15.2 Å². The second-order valence-electron chi connectivity index (χ2n) is 12.3. The zero-order chi connectivity index (χ0) is 26.9. The van der Waals surface area contributed by atoms with Crippen LogP contribution in [0.25, 0.3) is 0 Å². The van der Waals surface area contributed by atoms with E-state index in [4.69, 9.17) is 9.47 Å². The first-order valence-corrected chi connectivity index (χ1v) is 14.1. The van der Waals surface area contributed by atoms with Gasteiger partial charge in [0, 0.05) is 32.1 Å². The van der Waals surface area contributed by atoms with Crippen molar-refractivity contribution in [2.24, 2.45) is 33.5 Å². The number of nitrogens with one attached hydrogen (secondary N) is 1. The molecule has 9 nitrogen and oxygen atoms in total. The topological polar surface area (TPSA) is 95.8 Å². The van der Waals surface area contributed by atoms with Crippen molar-refractivity contribution in [2.75, 3.05) is 39.4 Å². The number of likely N-dealkylation sites (tertiary alicyclic amines) is 2. The lowest BCUT2D eigenvalue weighted by Crippen LogP contribution is -2.44. The van der Waals surface area contributed by atoms with Gasteiger partial charge in [-0.3, -0.25) is 10.2 Å². The smallest absolute Gasteiger partial charge is 0.411 e. The summed E-state index contributed by atoms with van der Waals surface area (Å²) in [5.41, 5.74) is 3.03. The maximum atomic E-state index is 13.4. The van der Waals surface area contributed by atoms with Gasteiger partial charge in [0.1, 0.15) is 6.61 Å². The Labute approximate surface area is 221 Å². The van der Waals surface area contributed by atoms with E-state index in [1.165, 1.54) is 0 Å². The largest absolute Gasteiger partial charge is 0.449 e. The van der Waals surface area contributed by atoms with Crippen LogP contribution in [0.1, 0.15) is 64.7 Å². The molecule has 2 saturated carbocycles. The maximum absolute atomic E-state index is 13.4. The van der Waals surface area contributed by atoms with E-state index in [1.54, 1.807) is 4.90 Å². The Hall–Kier alpha value is -2.11. The first kappa shape index (κ1) is 27.5. The van der Waals surface area contributed by atoms with Gasteiger partial charge in [-0.15, -0.1) is 0 Å². The average Bonchev–Trinajstić information content (AvgIpc) is 3.45. The molecule has 12 heteroatoms. The molecule has 3 unspecified atom stereocenters. The van der Waals surface area contributed by atoms with Crippen LogP contribution in [-0.4, -0.2) is 85.6 Å². The lowest BCUT2D eigenvalue weighted by Gasteiger charge is -2.32. The molecule has 0 aromatic rings. The van der Waals surface area contributed by atoms with Crippen LogP contribution in [0, 0.1) is 23.2 Å². The fourth-order valence-corrected chi connectivity index (χ4v) is 7.06. The van der Waals surface area contributed by atoms with Crippen molar-refractivity contribution in [2.45, 2.75) is 89.1 Å². The zero-order valence-electron chi connectivity index (χ0n) is 22.1. The molecule has 2 saturated heterocycles. The number of nitrogens with zero attached hydrogens (tertiary/aromatic N) is 4. The highest BCUT2D eigenvalue weighted by Crippen LogP contribution is 2.44. The highest BCUT2D eigenvalue weighted by molar-refractivity contribution is 5.79. The van der Waals surface area contributed by atoms with Gasteiger partial charge in [0.15, 0.2) is 0 Å². The molecule has 2 amide bonds. The summed E-state index contributed by atoms with van der Waals surface area (Å²) < 4.78 is 47.7. The summed E-state index contributed by atoms with van der Waals surface area (Å²) in [7, 11) is 0. The van der Waals surface area contributed by atoms with Crippen molar-refractivity contribution in [3.8, 4) is 0 Å². The number of alkyl halides is 3. The van der Waals surface area contributed by atoms with Crippen LogP contribution >= 0.6 is 0 Å². The first-order chi connectivity index (χ1) is 18.1. The summed E-state index contributed by atoms with van der Waals surface area (Å²) >= 11 is 0. The second-order valence-corrected chi connectivity index (χ2v) is 12.3. The van der Waals surface area contributed by atoms with Crippen LogP contribution in [0.2, 0.25) is 0 Å². The van der Waals surface area contributed by atoms with Gasteiger partial charge >= 0.3 is 12.3 Å². The Kier molecular flexibility index (Phi) is 8.07. The van der Waals surface area contributed by atoms with Gasteiger partial charge in [0.2, 0.25) is 5.91 Å². The number of carbonyl (C=O) groups is 2. The standard InChI is InChI=1S/C26H40F3N5O4/c1-25-9-11-33(24(36)37-14-17-2-5-20(6-3-17)38-16-26(27,28)29)10-8-19(25)13-34(15-25)23(35)18-4-7-21-22(12-18)31-32-30-21/h17-22H,2-16H2,1H3,(H,30,31)/t17?,18?,19-,20?,21?,22?,25+/m0/s1. The normalized spacial score (nSPS) is 37.3. The molecule has 214 valence electrons. The molecule has 0 radical (unpaired) electrons. The molecular weight excluding hydrogens is 503 g/mol. The minimum Gasteiger partial charge on any atom is -0.449 e. The van der Waals surface area contributed by atoms with Gasteiger partial charge in [0.05, 0.1) is 24.8 Å². The third kappa shape index (κ3) is 6.37. The molecule has 38 heavy (non-hydrogen) atoms. The SMILES string of the molecule is C[C@]12CCN(C(=O)OCC3CCC(OCC(F)(F)F)CC3)CC[C@H]1CN(C(=O)C1CCC3N=NNC3C1)C2. The zero-order valence-corrected chi connectivity index (χ0v) is 22.1. The van der Waals surface area contributed by atoms with Crippen molar-refractivity contribution in [1.29, 1.82) is 0 Å². The highest BCUT2D eigenvalue weighted by atomic mass is 19.4. The van der Waals surface area contributed by atoms with E-state index >= 15 is 0 Å². The monoisotopic (exact) mass is 543 g/mol. The van der Waals surface area contributed by atoms with Crippen molar-refractivity contribution in [3.05, 3.63) is 0 Å². The number of ether oxygens (including phenoxy) is 2. The molecule has 4 fully saturated rings. The Morgan fingerprint density at radius 2 is 1.84 bits per heavy atom. The lowest BCUT2D eigenvalue weighted by molar-refractivity contribution is -0.188. The fraction of sp³-hybridized carbons (Fsp3) is 0.923. The first-order valence-electron chi connectivity index (χ1n) is 14.1. The van der Waals surface area contributed by atoms with E-state index in [1.807, 2.05) is 0 Å². The molecule has 0 spiro atoms. The van der Waals surface area contributed by atoms with Crippen molar-refractivity contribution in [3.63, 3.8) is 0 Å². The summed E-state index contributed by atoms with van der Waals surface area (Å²) in [5.74, 6) is 0.782. The van der Waals surface area contributed by atoms with Gasteiger partial charge in [-0.1, -0.05) is 12.1 Å². The van der Waals surface area contributed by atoms with Gasteiger partial charge < -0.3 is 19.3 Å². The number of rotatable bonds is 5. The molecule has 0 aromatic carbocycles. The molecule has 3 heterocycles. The fourth-order valence-electron chi connectivity index (χ4n) is 7.06. The molecule has 2 aliphatic carbocycles. The molecule has 3 aliphatic heterocycles. The highest BCUT2D eigenvalue weighted by Gasteiger charge is 2.48. The molecule has 5 rings (SSSR count). The molecule has 0 bridgehead atoms. The quantitative estimate of drug-likeness (QED) is 0.557. The minimum atomic E-state index is -4.30. The third-order valence-electron chi connectivity index (χ3n) is 9.56. The summed E-state index contributed by atoms with van der Waals surface area (Å²) in [4.78, 5) is 30.0. The average molecular weight is 544 g/mol. The number of hydrogen-bond acceptors (Lipinski definition) is 7. The predicted molar refractivity (Wildman–Crippen MR) is 131 cm³/mol. The Balaban J connectivity index is 1.04. The van der Waals surface area contributed by atoms with Crippen LogP contribution < -0.4 is 5.43 Å². The van der Waals surface area contributed by atoms with Crippen LogP contribution in [0.3, 0.4) is 0 Å². The molecule has 5 atom stereocenters. The van der Waals surface area contributed by atoms with Crippen molar-refractivity contribution < 1.29 is 32.2 Å². The van der Waals surface area contributed by atoms with E-state index in [0.717, 1.165) is 45.2 Å². The minimum absolute atomic E-state index is 0.0209. The van der Waals surface area contributed by atoms with E-state index < -0.39 is 12.8 Å². The van der Waals surface area contributed by atoms with E-state index in [-0.39, 0.29) is 47.4 Å². The van der Waals surface area contributed by atoms with Gasteiger partial charge in [-0.05, 0) is 75.0 Å². The van der Waals surface area contributed by atoms with Gasteiger partial charge in [0.25, 0.3) is 0 Å². The van der Waals surface area contributed by atoms with Crippen LogP contribution in [-0.2, 0) is 14.3 Å². The second kappa shape index (κ2) is 11.2. The van der Waals surface area contributed by atoms with Crippen LogP contribution in [0.15, 0.2) is 10.3 Å². The maximum Gasteiger partial charge on any atom is 0.411 e. The van der Waals surface area contributed by atoms with Crippen LogP contribution in [0.5, 0.6) is 0 Å². The summed E-state index contributed by atoms with van der Waals surface area (Å²) in [6, 6.07) is 0.387. The number of carbonyl (C=O) groups excluding carboxylic acids is 2. The molecule has 0 aromatic heterocycles.